The number of allylic oxidation sites excluding steroid dienone is 1. The molecule has 17 heavy (non-hydrogen) atoms. The number of esters is 2. The lowest BCUT2D eigenvalue weighted by atomic mass is 10.1. The van der Waals surface area contributed by atoms with Gasteiger partial charge in [-0.15, -0.1) is 0 Å². The molecule has 98 valence electrons. The van der Waals surface area contributed by atoms with E-state index in [1.807, 2.05) is 6.08 Å². The van der Waals surface area contributed by atoms with Crippen LogP contribution in [0.15, 0.2) is 11.6 Å². The molecule has 1 unspecified atom stereocenters. The molecule has 0 aliphatic rings. The fourth-order valence-corrected chi connectivity index (χ4v) is 1.30. The molecule has 0 aliphatic heterocycles. The van der Waals surface area contributed by atoms with Crippen molar-refractivity contribution in [3.05, 3.63) is 11.6 Å². The molecular weight excluding hydrogens is 220 g/mol. The van der Waals surface area contributed by atoms with Crippen molar-refractivity contribution in [2.45, 2.75) is 59.7 Å². The van der Waals surface area contributed by atoms with Gasteiger partial charge in [-0.3, -0.25) is 4.79 Å². The molecule has 0 saturated carbocycles. The predicted molar refractivity (Wildman–Crippen MR) is 65.2 cm³/mol. The van der Waals surface area contributed by atoms with E-state index in [4.69, 9.17) is 9.47 Å². The lowest BCUT2D eigenvalue weighted by Crippen LogP contribution is -2.20. The summed E-state index contributed by atoms with van der Waals surface area (Å²) in [4.78, 5) is 22.1. The number of unbranched alkanes of at least 4 members (excludes halogenated alkanes) is 3. The SMILES string of the molecule is CCCCC/C=C(/C)C(=O)OC(C)OC(C)=O. The highest BCUT2D eigenvalue weighted by molar-refractivity contribution is 5.87. The van der Waals surface area contributed by atoms with Crippen molar-refractivity contribution >= 4 is 11.9 Å². The zero-order valence-corrected chi connectivity index (χ0v) is 11.1. The van der Waals surface area contributed by atoms with Crippen molar-refractivity contribution < 1.29 is 19.1 Å². The molecule has 0 N–H and O–H groups in total. The summed E-state index contributed by atoms with van der Waals surface area (Å²) in [6, 6.07) is 0. The Labute approximate surface area is 103 Å². The Kier molecular flexibility index (Phi) is 8.11. The Bertz CT molecular complexity index is 281. The lowest BCUT2D eigenvalue weighted by Gasteiger charge is -2.12. The summed E-state index contributed by atoms with van der Waals surface area (Å²) in [5, 5.41) is 0. The van der Waals surface area contributed by atoms with Crippen molar-refractivity contribution in [3.63, 3.8) is 0 Å². The van der Waals surface area contributed by atoms with Gasteiger partial charge in [0.15, 0.2) is 0 Å². The third kappa shape index (κ3) is 8.48. The molecule has 4 heteroatoms. The Morgan fingerprint density at radius 2 is 1.82 bits per heavy atom. The van der Waals surface area contributed by atoms with E-state index >= 15 is 0 Å². The summed E-state index contributed by atoms with van der Waals surface area (Å²) in [5.74, 6) is -0.898. The molecule has 0 radical (unpaired) electrons. The van der Waals surface area contributed by atoms with E-state index in [1.165, 1.54) is 13.8 Å². The van der Waals surface area contributed by atoms with Crippen LogP contribution in [0.5, 0.6) is 0 Å². The highest BCUT2D eigenvalue weighted by atomic mass is 16.7. The third-order valence-electron chi connectivity index (χ3n) is 2.19. The first-order valence-electron chi connectivity index (χ1n) is 6.02. The van der Waals surface area contributed by atoms with E-state index in [0.29, 0.717) is 5.57 Å². The monoisotopic (exact) mass is 242 g/mol. The summed E-state index contributed by atoms with van der Waals surface area (Å²) in [5.41, 5.74) is 0.556. The largest absolute Gasteiger partial charge is 0.426 e. The van der Waals surface area contributed by atoms with Gasteiger partial charge < -0.3 is 9.47 Å². The van der Waals surface area contributed by atoms with Crippen LogP contribution in [0.2, 0.25) is 0 Å². The number of hydrogen-bond acceptors (Lipinski definition) is 4. The van der Waals surface area contributed by atoms with Crippen LogP contribution >= 0.6 is 0 Å². The van der Waals surface area contributed by atoms with Gasteiger partial charge in [0.05, 0.1) is 0 Å². The predicted octanol–water partition coefficient (Wildman–Crippen LogP) is 2.97. The van der Waals surface area contributed by atoms with Crippen LogP contribution < -0.4 is 0 Å². The molecular formula is C13H22O4. The standard InChI is InChI=1S/C13H22O4/c1-5-6-7-8-9-10(2)13(15)17-12(4)16-11(3)14/h9,12H,5-8H2,1-4H3/b10-9-. The van der Waals surface area contributed by atoms with Crippen LogP contribution in [-0.2, 0) is 19.1 Å². The molecule has 0 aromatic heterocycles. The van der Waals surface area contributed by atoms with Crippen molar-refractivity contribution in [1.29, 1.82) is 0 Å². The zero-order chi connectivity index (χ0) is 13.3. The minimum absolute atomic E-state index is 0.435. The quantitative estimate of drug-likeness (QED) is 0.298. The number of hydrogen-bond donors (Lipinski definition) is 0. The molecule has 1 atom stereocenters. The number of carbonyl (C=O) groups excluding carboxylic acids is 2. The molecule has 4 nitrogen and oxygen atoms in total. The number of carbonyl (C=O) groups is 2. The minimum atomic E-state index is -0.834. The van der Waals surface area contributed by atoms with E-state index in [0.717, 1.165) is 25.7 Å². The molecule has 0 saturated heterocycles. The highest BCUT2D eigenvalue weighted by Crippen LogP contribution is 2.06. The zero-order valence-electron chi connectivity index (χ0n) is 11.1. The second kappa shape index (κ2) is 8.79. The molecule has 0 aromatic rings. The molecule has 0 amide bonds. The van der Waals surface area contributed by atoms with Crippen molar-refractivity contribution in [3.8, 4) is 0 Å². The van der Waals surface area contributed by atoms with E-state index in [2.05, 4.69) is 6.92 Å². The van der Waals surface area contributed by atoms with Crippen molar-refractivity contribution in [2.75, 3.05) is 0 Å². The minimum Gasteiger partial charge on any atom is -0.426 e. The van der Waals surface area contributed by atoms with Gasteiger partial charge in [0.2, 0.25) is 6.29 Å². The fourth-order valence-electron chi connectivity index (χ4n) is 1.30. The van der Waals surface area contributed by atoms with Crippen LogP contribution in [0.3, 0.4) is 0 Å². The summed E-state index contributed by atoms with van der Waals surface area (Å²) in [6.45, 7) is 6.63. The maximum Gasteiger partial charge on any atom is 0.336 e. The number of rotatable bonds is 7. The van der Waals surface area contributed by atoms with E-state index in [-0.39, 0.29) is 0 Å². The Balaban J connectivity index is 3.99. The summed E-state index contributed by atoms with van der Waals surface area (Å²) < 4.78 is 9.63. The Morgan fingerprint density at radius 1 is 1.18 bits per heavy atom. The topological polar surface area (TPSA) is 52.6 Å². The van der Waals surface area contributed by atoms with Gasteiger partial charge in [0.1, 0.15) is 0 Å². The van der Waals surface area contributed by atoms with Gasteiger partial charge in [0, 0.05) is 19.4 Å². The van der Waals surface area contributed by atoms with Gasteiger partial charge in [-0.05, 0) is 19.8 Å². The Morgan fingerprint density at radius 3 is 2.35 bits per heavy atom. The van der Waals surface area contributed by atoms with Gasteiger partial charge in [-0.2, -0.15) is 0 Å². The first kappa shape index (κ1) is 15.7. The van der Waals surface area contributed by atoms with Crippen molar-refractivity contribution in [2.24, 2.45) is 0 Å². The first-order valence-corrected chi connectivity index (χ1v) is 6.02. The molecule has 0 heterocycles. The molecule has 0 bridgehead atoms. The summed E-state index contributed by atoms with van der Waals surface area (Å²) in [6.07, 6.45) is 5.28. The van der Waals surface area contributed by atoms with Crippen LogP contribution in [-0.4, -0.2) is 18.2 Å². The normalized spacial score (nSPS) is 13.1. The van der Waals surface area contributed by atoms with Crippen LogP contribution in [0.1, 0.15) is 53.4 Å². The van der Waals surface area contributed by atoms with Gasteiger partial charge >= 0.3 is 11.9 Å². The lowest BCUT2D eigenvalue weighted by molar-refractivity contribution is -0.179. The van der Waals surface area contributed by atoms with E-state index in [1.54, 1.807) is 6.92 Å². The van der Waals surface area contributed by atoms with E-state index in [9.17, 15) is 9.59 Å². The van der Waals surface area contributed by atoms with Crippen molar-refractivity contribution in [1.82, 2.24) is 0 Å². The summed E-state index contributed by atoms with van der Waals surface area (Å²) >= 11 is 0. The Hall–Kier alpha value is -1.32. The van der Waals surface area contributed by atoms with Crippen LogP contribution in [0, 0.1) is 0 Å². The smallest absolute Gasteiger partial charge is 0.336 e. The molecule has 0 fully saturated rings. The maximum absolute atomic E-state index is 11.5. The van der Waals surface area contributed by atoms with E-state index < -0.39 is 18.2 Å². The average Bonchev–Trinajstić information content (AvgIpc) is 2.22. The first-order chi connectivity index (χ1) is 7.97. The second-order valence-electron chi connectivity index (χ2n) is 3.97. The molecule has 0 spiro atoms. The third-order valence-corrected chi connectivity index (χ3v) is 2.19. The van der Waals surface area contributed by atoms with Gasteiger partial charge in [-0.25, -0.2) is 4.79 Å². The second-order valence-corrected chi connectivity index (χ2v) is 3.97. The van der Waals surface area contributed by atoms with Gasteiger partial charge in [0.25, 0.3) is 0 Å². The summed E-state index contributed by atoms with van der Waals surface area (Å²) in [7, 11) is 0. The molecule has 0 aliphatic carbocycles. The van der Waals surface area contributed by atoms with Gasteiger partial charge in [-0.1, -0.05) is 25.8 Å². The van der Waals surface area contributed by atoms with Crippen LogP contribution in [0.4, 0.5) is 0 Å². The fraction of sp³-hybridized carbons (Fsp3) is 0.692. The average molecular weight is 242 g/mol. The maximum atomic E-state index is 11.5. The van der Waals surface area contributed by atoms with Crippen LogP contribution in [0.25, 0.3) is 0 Å². The highest BCUT2D eigenvalue weighted by Gasteiger charge is 2.12. The molecule has 0 aromatic carbocycles. The molecule has 0 rings (SSSR count). The number of ether oxygens (including phenoxy) is 2.